The Kier molecular flexibility index (Phi) is 7.15. The highest BCUT2D eigenvalue weighted by atomic mass is 79.9. The van der Waals surface area contributed by atoms with Crippen molar-refractivity contribution in [3.8, 4) is 0 Å². The van der Waals surface area contributed by atoms with E-state index in [4.69, 9.17) is 0 Å². The molecular formula is C22H27Br2N. The molecule has 2 aromatic carbocycles. The third-order valence-electron chi connectivity index (χ3n) is 5.25. The van der Waals surface area contributed by atoms with Gasteiger partial charge in [-0.15, -0.1) is 0 Å². The second-order valence-corrected chi connectivity index (χ2v) is 9.24. The Morgan fingerprint density at radius 3 is 2.28 bits per heavy atom. The molecule has 1 fully saturated rings. The molecule has 3 heteroatoms. The van der Waals surface area contributed by atoms with Gasteiger partial charge in [-0.25, -0.2) is 0 Å². The second-order valence-electron chi connectivity index (χ2n) is 7.00. The van der Waals surface area contributed by atoms with Crippen molar-refractivity contribution < 1.29 is 0 Å². The third kappa shape index (κ3) is 5.18. The number of hydrogen-bond donors (Lipinski definition) is 0. The molecule has 0 amide bonds. The number of aryl methyl sites for hydroxylation is 1. The molecule has 1 nitrogen and oxygen atoms in total. The summed E-state index contributed by atoms with van der Waals surface area (Å²) in [5.74, 6) is 0.667. The lowest BCUT2D eigenvalue weighted by atomic mass is 9.79. The first-order valence-electron chi connectivity index (χ1n) is 9.30. The van der Waals surface area contributed by atoms with Gasteiger partial charge in [0, 0.05) is 16.2 Å². The zero-order valence-electron chi connectivity index (χ0n) is 14.9. The van der Waals surface area contributed by atoms with Crippen LogP contribution >= 0.6 is 31.9 Å². The van der Waals surface area contributed by atoms with Gasteiger partial charge in [-0.3, -0.25) is 4.90 Å². The van der Waals surface area contributed by atoms with Gasteiger partial charge in [0.1, 0.15) is 0 Å². The molecule has 0 radical (unpaired) electrons. The van der Waals surface area contributed by atoms with E-state index in [9.17, 15) is 0 Å². The number of nitrogens with zero attached hydrogens (tertiary/aromatic N) is 1. The van der Waals surface area contributed by atoms with Crippen LogP contribution in [0, 0.1) is 0 Å². The number of benzene rings is 2. The number of alkyl halides is 2. The summed E-state index contributed by atoms with van der Waals surface area (Å²) in [4.78, 5) is 3.74. The standard InChI is InChI=1S/C22H27Br2N/c1-2-25(16-18-7-4-3-5-8-18)14-6-9-17-10-12-19(13-11-17)20-15-21(23)22(20)24/h3-5,7-8,10-13,20-22H,2,6,9,14-16H2,1H3. The van der Waals surface area contributed by atoms with E-state index in [-0.39, 0.29) is 0 Å². The summed E-state index contributed by atoms with van der Waals surface area (Å²) in [6.45, 7) is 5.57. The topological polar surface area (TPSA) is 3.24 Å². The Balaban J connectivity index is 1.45. The van der Waals surface area contributed by atoms with E-state index in [1.165, 1.54) is 29.5 Å². The molecule has 3 rings (SSSR count). The molecule has 1 aliphatic carbocycles. The molecule has 0 N–H and O–H groups in total. The Morgan fingerprint density at radius 1 is 0.960 bits per heavy atom. The molecule has 3 atom stereocenters. The molecule has 0 bridgehead atoms. The summed E-state index contributed by atoms with van der Waals surface area (Å²) in [6.07, 6.45) is 3.61. The normalized spacial score (nSPS) is 22.8. The first-order chi connectivity index (χ1) is 12.2. The van der Waals surface area contributed by atoms with E-state index in [1.807, 2.05) is 0 Å². The molecule has 3 unspecified atom stereocenters. The molecule has 0 spiro atoms. The van der Waals surface area contributed by atoms with Crippen molar-refractivity contribution in [2.24, 2.45) is 0 Å². The first kappa shape index (κ1) is 19.1. The molecule has 0 aromatic heterocycles. The van der Waals surface area contributed by atoms with Crippen LogP contribution in [0.3, 0.4) is 0 Å². The van der Waals surface area contributed by atoms with E-state index in [0.717, 1.165) is 26.1 Å². The fraction of sp³-hybridized carbons (Fsp3) is 0.455. The van der Waals surface area contributed by atoms with Crippen LogP contribution in [0.15, 0.2) is 54.6 Å². The van der Waals surface area contributed by atoms with E-state index in [2.05, 4.69) is 98.3 Å². The Hall–Kier alpha value is -0.640. The number of hydrogen-bond acceptors (Lipinski definition) is 1. The summed E-state index contributed by atoms with van der Waals surface area (Å²) in [7, 11) is 0. The van der Waals surface area contributed by atoms with Gasteiger partial charge in [-0.1, -0.05) is 93.4 Å². The van der Waals surface area contributed by atoms with Crippen molar-refractivity contribution >= 4 is 31.9 Å². The fourth-order valence-electron chi connectivity index (χ4n) is 3.51. The minimum absolute atomic E-state index is 0.578. The summed E-state index contributed by atoms with van der Waals surface area (Å²) in [5, 5.41) is 0. The predicted molar refractivity (Wildman–Crippen MR) is 115 cm³/mol. The van der Waals surface area contributed by atoms with Gasteiger partial charge in [0.15, 0.2) is 0 Å². The Labute approximate surface area is 169 Å². The molecule has 2 aromatic rings. The number of halogens is 2. The maximum absolute atomic E-state index is 3.79. The van der Waals surface area contributed by atoms with Crippen molar-refractivity contribution in [1.29, 1.82) is 0 Å². The van der Waals surface area contributed by atoms with Crippen LogP contribution in [0.5, 0.6) is 0 Å². The Bertz CT molecular complexity index is 641. The predicted octanol–water partition coefficient (Wildman–Crippen LogP) is 6.16. The van der Waals surface area contributed by atoms with Crippen LogP contribution in [0.25, 0.3) is 0 Å². The molecule has 25 heavy (non-hydrogen) atoms. The molecule has 134 valence electrons. The maximum Gasteiger partial charge on any atom is 0.0340 e. The van der Waals surface area contributed by atoms with Crippen LogP contribution < -0.4 is 0 Å². The summed E-state index contributed by atoms with van der Waals surface area (Å²) in [5.41, 5.74) is 4.34. The highest BCUT2D eigenvalue weighted by molar-refractivity contribution is 9.12. The van der Waals surface area contributed by atoms with Crippen molar-refractivity contribution in [3.05, 3.63) is 71.3 Å². The van der Waals surface area contributed by atoms with Gasteiger partial charge in [0.2, 0.25) is 0 Å². The summed E-state index contributed by atoms with van der Waals surface area (Å²) < 4.78 is 0. The van der Waals surface area contributed by atoms with Crippen molar-refractivity contribution in [2.75, 3.05) is 13.1 Å². The monoisotopic (exact) mass is 463 g/mol. The zero-order chi connectivity index (χ0) is 17.6. The SMILES string of the molecule is CCN(CCCc1ccc(C2CC(Br)C2Br)cc1)Cc1ccccc1. The minimum Gasteiger partial charge on any atom is -0.299 e. The second kappa shape index (κ2) is 9.34. The average molecular weight is 465 g/mol. The molecule has 1 saturated carbocycles. The lowest BCUT2D eigenvalue weighted by molar-refractivity contribution is 0.276. The van der Waals surface area contributed by atoms with Gasteiger partial charge in [0.05, 0.1) is 0 Å². The fourth-order valence-corrected chi connectivity index (χ4v) is 5.02. The molecular weight excluding hydrogens is 438 g/mol. The average Bonchev–Trinajstić information content (AvgIpc) is 2.66. The largest absolute Gasteiger partial charge is 0.299 e. The smallest absolute Gasteiger partial charge is 0.0340 e. The van der Waals surface area contributed by atoms with Crippen molar-refractivity contribution in [1.82, 2.24) is 4.90 Å². The van der Waals surface area contributed by atoms with Gasteiger partial charge >= 0.3 is 0 Å². The molecule has 0 heterocycles. The van der Waals surface area contributed by atoms with Crippen LogP contribution in [0.2, 0.25) is 0 Å². The number of rotatable bonds is 8. The lowest BCUT2D eigenvalue weighted by Crippen LogP contribution is -2.35. The van der Waals surface area contributed by atoms with Crippen LogP contribution in [-0.4, -0.2) is 27.6 Å². The van der Waals surface area contributed by atoms with E-state index >= 15 is 0 Å². The van der Waals surface area contributed by atoms with Gasteiger partial charge < -0.3 is 0 Å². The summed E-state index contributed by atoms with van der Waals surface area (Å²) >= 11 is 7.49. The maximum atomic E-state index is 3.79. The highest BCUT2D eigenvalue weighted by Gasteiger charge is 2.38. The molecule has 0 aliphatic heterocycles. The van der Waals surface area contributed by atoms with Crippen LogP contribution in [0.1, 0.15) is 42.4 Å². The van der Waals surface area contributed by atoms with Crippen LogP contribution in [-0.2, 0) is 13.0 Å². The molecule has 1 aliphatic rings. The minimum atomic E-state index is 0.578. The lowest BCUT2D eigenvalue weighted by Gasteiger charge is -2.38. The summed E-state index contributed by atoms with van der Waals surface area (Å²) in [6, 6.07) is 20.1. The van der Waals surface area contributed by atoms with Gasteiger partial charge in [0.25, 0.3) is 0 Å². The van der Waals surface area contributed by atoms with Crippen LogP contribution in [0.4, 0.5) is 0 Å². The Morgan fingerprint density at radius 2 is 1.68 bits per heavy atom. The van der Waals surface area contributed by atoms with E-state index in [1.54, 1.807) is 0 Å². The van der Waals surface area contributed by atoms with Gasteiger partial charge in [-0.05, 0) is 55.0 Å². The third-order valence-corrected chi connectivity index (χ3v) is 8.18. The van der Waals surface area contributed by atoms with Gasteiger partial charge in [-0.2, -0.15) is 0 Å². The van der Waals surface area contributed by atoms with E-state index < -0.39 is 0 Å². The van der Waals surface area contributed by atoms with Crippen molar-refractivity contribution in [3.63, 3.8) is 0 Å². The van der Waals surface area contributed by atoms with Crippen molar-refractivity contribution in [2.45, 2.75) is 48.3 Å². The van der Waals surface area contributed by atoms with E-state index in [0.29, 0.717) is 15.6 Å². The quantitative estimate of drug-likeness (QED) is 0.423. The zero-order valence-corrected chi connectivity index (χ0v) is 18.0. The highest BCUT2D eigenvalue weighted by Crippen LogP contribution is 2.46. The molecule has 0 saturated heterocycles. The first-order valence-corrected chi connectivity index (χ1v) is 11.1.